The van der Waals surface area contributed by atoms with E-state index in [0.29, 0.717) is 0 Å². The third kappa shape index (κ3) is 3.09. The van der Waals surface area contributed by atoms with Gasteiger partial charge in [0, 0.05) is 10.5 Å². The van der Waals surface area contributed by atoms with Gasteiger partial charge < -0.3 is 0 Å². The number of thiazole rings is 1. The number of rotatable bonds is 3. The Morgan fingerprint density at radius 3 is 2.00 bits per heavy atom. The Morgan fingerprint density at radius 2 is 1.46 bits per heavy atom. The molecule has 1 aliphatic rings. The zero-order chi connectivity index (χ0) is 20.1. The Bertz CT molecular complexity index is 1030. The molecule has 1 aromatic heterocycles. The Hall–Kier alpha value is -0.470. The number of benzene rings is 2. The Labute approximate surface area is 202 Å². The van der Waals surface area contributed by atoms with Crippen molar-refractivity contribution in [2.75, 3.05) is 0 Å². The van der Waals surface area contributed by atoms with Crippen molar-refractivity contribution in [3.63, 3.8) is 0 Å². The molecule has 4 rings (SSSR count). The first-order valence-electron chi connectivity index (χ1n) is 8.61. The minimum atomic E-state index is -0.625. The molecule has 1 atom stereocenters. The fourth-order valence-electron chi connectivity index (χ4n) is 3.31. The van der Waals surface area contributed by atoms with Crippen molar-refractivity contribution >= 4 is 86.5 Å². The van der Waals surface area contributed by atoms with Gasteiger partial charge in [-0.15, -0.1) is 11.3 Å². The van der Waals surface area contributed by atoms with Gasteiger partial charge >= 0.3 is 0 Å². The minimum absolute atomic E-state index is 0.616. The predicted molar refractivity (Wildman–Crippen MR) is 133 cm³/mol. The summed E-state index contributed by atoms with van der Waals surface area (Å²) in [7, 11) is 0. The summed E-state index contributed by atoms with van der Waals surface area (Å²) < 4.78 is 0.866. The predicted octanol–water partition coefficient (Wildman–Crippen LogP) is 7.99. The normalized spacial score (nSPS) is 21.4. The molecule has 0 bridgehead atoms. The Morgan fingerprint density at radius 1 is 0.893 bits per heavy atom. The monoisotopic (exact) mass is 644 g/mol. The van der Waals surface area contributed by atoms with Crippen LogP contribution in [0.5, 0.6) is 0 Å². The molecule has 2 nitrogen and oxygen atoms in total. The van der Waals surface area contributed by atoms with Crippen molar-refractivity contribution in [2.45, 2.75) is 21.5 Å². The Balaban J connectivity index is 2.03. The zero-order valence-electron chi connectivity index (χ0n) is 15.1. The summed E-state index contributed by atoms with van der Waals surface area (Å²) in [5.41, 5.74) is 5.42. The van der Waals surface area contributed by atoms with Crippen LogP contribution < -0.4 is 0 Å². The third-order valence-electron chi connectivity index (χ3n) is 4.88. The van der Waals surface area contributed by atoms with Crippen molar-refractivity contribution in [1.82, 2.24) is 8.91 Å². The highest BCUT2D eigenvalue weighted by atomic mass is 79.9. The largest absolute Gasteiger partial charge is 0.284 e. The van der Waals surface area contributed by atoms with Crippen molar-refractivity contribution in [1.29, 1.82) is 0 Å². The minimum Gasteiger partial charge on any atom is -0.284 e. The van der Waals surface area contributed by atoms with Crippen LogP contribution in [0.15, 0.2) is 60.7 Å². The molecule has 2 aromatic carbocycles. The fourth-order valence-corrected chi connectivity index (χ4v) is 8.12. The van der Waals surface area contributed by atoms with E-state index in [9.17, 15) is 0 Å². The van der Waals surface area contributed by atoms with E-state index in [-0.39, 0.29) is 0 Å². The van der Waals surface area contributed by atoms with Crippen molar-refractivity contribution < 1.29 is 0 Å². The van der Waals surface area contributed by atoms with Gasteiger partial charge in [-0.25, -0.2) is 4.98 Å². The van der Waals surface area contributed by atoms with Gasteiger partial charge in [-0.1, -0.05) is 108 Å². The molecule has 3 aromatic rings. The molecule has 1 aliphatic heterocycles. The van der Waals surface area contributed by atoms with Crippen LogP contribution >= 0.6 is 75.3 Å². The summed E-state index contributed by atoms with van der Waals surface area (Å²) in [6.45, 7) is 4.17. The van der Waals surface area contributed by atoms with Crippen molar-refractivity contribution in [3.05, 3.63) is 87.4 Å². The molecule has 2 heterocycles. The number of alkyl halides is 3. The summed E-state index contributed by atoms with van der Waals surface area (Å²) >= 11 is 17.7. The lowest BCUT2D eigenvalue weighted by molar-refractivity contribution is 0.481. The van der Waals surface area contributed by atoms with Crippen LogP contribution in [-0.2, 0) is 4.45 Å². The van der Waals surface area contributed by atoms with E-state index < -0.39 is 7.68 Å². The van der Waals surface area contributed by atoms with Gasteiger partial charge in [-0.3, -0.25) is 3.93 Å². The van der Waals surface area contributed by atoms with Crippen LogP contribution in [0.1, 0.15) is 26.7 Å². The van der Waals surface area contributed by atoms with Crippen LogP contribution in [0.2, 0.25) is 0 Å². The zero-order valence-corrected chi connectivity index (χ0v) is 22.2. The van der Waals surface area contributed by atoms with E-state index in [1.54, 1.807) is 11.3 Å². The standard InChI is InChI=1S/C21H16Br4N2S/c1-13-14(2)28-19(26-13)17-18(15-9-5-3-6-10-15)27(25)21(24,20(17,22)23)16-11-7-4-8-12-16/h3-12H,1-2H3. The summed E-state index contributed by atoms with van der Waals surface area (Å²) in [5, 5.41) is 0.990. The molecule has 0 saturated carbocycles. The molecule has 0 fully saturated rings. The maximum Gasteiger partial charge on any atom is 0.161 e. The highest BCUT2D eigenvalue weighted by Gasteiger charge is 2.62. The molecule has 1 unspecified atom stereocenters. The smallest absolute Gasteiger partial charge is 0.161 e. The second kappa shape index (κ2) is 7.65. The van der Waals surface area contributed by atoms with Crippen LogP contribution in [0.25, 0.3) is 11.3 Å². The van der Waals surface area contributed by atoms with Crippen LogP contribution in [0.3, 0.4) is 0 Å². The quantitative estimate of drug-likeness (QED) is 0.163. The molecule has 0 saturated heterocycles. The maximum absolute atomic E-state index is 4.89. The number of aromatic nitrogens is 1. The van der Waals surface area contributed by atoms with E-state index in [1.807, 2.05) is 24.3 Å². The molecule has 144 valence electrons. The van der Waals surface area contributed by atoms with Crippen molar-refractivity contribution in [2.24, 2.45) is 0 Å². The topological polar surface area (TPSA) is 16.1 Å². The van der Waals surface area contributed by atoms with Gasteiger partial charge in [0.2, 0.25) is 0 Å². The van der Waals surface area contributed by atoms with Gasteiger partial charge in [0.05, 0.1) is 27.5 Å². The summed E-state index contributed by atoms with van der Waals surface area (Å²) in [6, 6.07) is 20.7. The highest BCUT2D eigenvalue weighted by Crippen LogP contribution is 2.68. The maximum atomic E-state index is 4.89. The number of nitrogens with zero attached hydrogens (tertiary/aromatic N) is 2. The van der Waals surface area contributed by atoms with Gasteiger partial charge in [0.1, 0.15) is 8.24 Å². The first-order valence-corrected chi connectivity index (χ1v) is 12.5. The van der Waals surface area contributed by atoms with E-state index >= 15 is 0 Å². The lowest BCUT2D eigenvalue weighted by Gasteiger charge is -2.39. The molecule has 0 aliphatic carbocycles. The lowest BCUT2D eigenvalue weighted by Crippen LogP contribution is -2.41. The van der Waals surface area contributed by atoms with Crippen molar-refractivity contribution in [3.8, 4) is 0 Å². The number of halogens is 4. The second-order valence-corrected chi connectivity index (χ2v) is 13.1. The first-order chi connectivity index (χ1) is 13.3. The first kappa shape index (κ1) is 20.8. The second-order valence-electron chi connectivity index (χ2n) is 6.59. The van der Waals surface area contributed by atoms with E-state index in [4.69, 9.17) is 4.98 Å². The molecule has 0 N–H and O–H groups in total. The molecular formula is C21H16Br4N2S. The van der Waals surface area contributed by atoms with Crippen LogP contribution in [0.4, 0.5) is 0 Å². The number of hydrogen-bond donors (Lipinski definition) is 0. The summed E-state index contributed by atoms with van der Waals surface area (Å²) in [4.78, 5) is 6.11. The molecule has 7 heteroatoms. The average Bonchev–Trinajstić information content (AvgIpc) is 3.10. The fraction of sp³-hybridized carbons (Fsp3) is 0.190. The third-order valence-corrected chi connectivity index (χ3v) is 11.7. The van der Waals surface area contributed by atoms with E-state index in [2.05, 4.69) is 118 Å². The summed E-state index contributed by atoms with van der Waals surface area (Å²) in [6.07, 6.45) is 0. The molecule has 0 radical (unpaired) electrons. The summed E-state index contributed by atoms with van der Waals surface area (Å²) in [5.74, 6) is 0. The average molecular weight is 648 g/mol. The molecule has 0 spiro atoms. The van der Waals surface area contributed by atoms with Gasteiger partial charge in [-0.2, -0.15) is 0 Å². The lowest BCUT2D eigenvalue weighted by atomic mass is 10.0. The van der Waals surface area contributed by atoms with Gasteiger partial charge in [0.25, 0.3) is 0 Å². The van der Waals surface area contributed by atoms with Gasteiger partial charge in [-0.05, 0) is 25.0 Å². The molecule has 0 amide bonds. The van der Waals surface area contributed by atoms with E-state index in [1.165, 1.54) is 4.88 Å². The van der Waals surface area contributed by atoms with Crippen LogP contribution in [-0.4, -0.2) is 12.1 Å². The van der Waals surface area contributed by atoms with E-state index in [0.717, 1.165) is 33.1 Å². The highest BCUT2D eigenvalue weighted by molar-refractivity contribution is 9.26. The SMILES string of the molecule is Cc1nc(C2=C(c3ccccc3)N(Br)C(Br)(c3ccccc3)C2(Br)Br)sc1C. The number of hydrogen-bond acceptors (Lipinski definition) is 3. The van der Waals surface area contributed by atoms with Crippen LogP contribution in [0, 0.1) is 13.8 Å². The van der Waals surface area contributed by atoms with Gasteiger partial charge in [0.15, 0.2) is 4.45 Å². The molecule has 28 heavy (non-hydrogen) atoms. The Kier molecular flexibility index (Phi) is 5.68. The molecular weight excluding hydrogens is 632 g/mol. The number of aryl methyl sites for hydroxylation is 2.